The van der Waals surface area contributed by atoms with Gasteiger partial charge >= 0.3 is 24.1 Å². The lowest BCUT2D eigenvalue weighted by Crippen LogP contribution is -2.59. The van der Waals surface area contributed by atoms with Crippen LogP contribution in [-0.2, 0) is 22.2 Å². The van der Waals surface area contributed by atoms with E-state index >= 15 is 17.6 Å². The summed E-state index contributed by atoms with van der Waals surface area (Å²) in [6.45, 7) is 14.5. The van der Waals surface area contributed by atoms with Crippen LogP contribution in [0.1, 0.15) is 67.4 Å². The number of carbonyl (C=O) groups is 2. The molecule has 2 aromatic heterocycles. The van der Waals surface area contributed by atoms with Crippen LogP contribution in [0, 0.1) is 5.82 Å². The van der Waals surface area contributed by atoms with Crippen LogP contribution in [0.4, 0.5) is 38.1 Å². The van der Waals surface area contributed by atoms with Gasteiger partial charge in [0.05, 0.1) is 33.4 Å². The first kappa shape index (κ1) is 37.6. The van der Waals surface area contributed by atoms with E-state index in [4.69, 9.17) is 9.47 Å². The minimum atomic E-state index is -4.89. The van der Waals surface area contributed by atoms with Crippen LogP contribution in [0.5, 0.6) is 0 Å². The van der Waals surface area contributed by atoms with Crippen molar-refractivity contribution in [1.29, 1.82) is 0 Å². The van der Waals surface area contributed by atoms with E-state index in [2.05, 4.69) is 15.3 Å². The fourth-order valence-electron chi connectivity index (χ4n) is 6.66. The van der Waals surface area contributed by atoms with Crippen molar-refractivity contribution in [2.45, 2.75) is 103 Å². The van der Waals surface area contributed by atoms with Crippen molar-refractivity contribution in [2.24, 2.45) is 0 Å². The molecule has 2 amide bonds. The van der Waals surface area contributed by atoms with Gasteiger partial charge in [-0.1, -0.05) is 11.3 Å². The second-order valence-electron chi connectivity index (χ2n) is 15.0. The van der Waals surface area contributed by atoms with Gasteiger partial charge in [-0.25, -0.2) is 23.8 Å². The first-order valence-electron chi connectivity index (χ1n) is 16.8. The zero-order valence-electron chi connectivity index (χ0n) is 30.0. The van der Waals surface area contributed by atoms with E-state index in [0.717, 1.165) is 23.5 Å². The number of carbonyl (C=O) groups excluding carboxylic acids is 2. The zero-order chi connectivity index (χ0) is 38.1. The maximum Gasteiger partial charge on any atom is 0.417 e. The number of alkyl halides is 3. The van der Waals surface area contributed by atoms with E-state index in [1.165, 1.54) is 22.4 Å². The van der Waals surface area contributed by atoms with Crippen LogP contribution in [0.3, 0.4) is 0 Å². The smallest absolute Gasteiger partial charge is 0.417 e. The summed E-state index contributed by atoms with van der Waals surface area (Å²) in [5.41, 5.74) is -3.23. The number of amides is 2. The lowest BCUT2D eigenvalue weighted by molar-refractivity contribution is -0.137. The van der Waals surface area contributed by atoms with E-state index in [1.807, 2.05) is 13.8 Å². The number of hydrogen-bond acceptors (Lipinski definition) is 10. The highest BCUT2D eigenvalue weighted by Gasteiger charge is 2.41. The number of ether oxygens (including phenoxy) is 2. The van der Waals surface area contributed by atoms with Crippen LogP contribution in [-0.4, -0.2) is 73.7 Å². The maximum absolute atomic E-state index is 15.3. The lowest BCUT2D eigenvalue weighted by Gasteiger charge is -2.45. The Morgan fingerprint density at radius 2 is 1.63 bits per heavy atom. The molecule has 1 N–H and O–H groups in total. The minimum Gasteiger partial charge on any atom is -0.444 e. The Kier molecular flexibility index (Phi) is 9.68. The van der Waals surface area contributed by atoms with Gasteiger partial charge in [0, 0.05) is 41.0 Å². The Bertz CT molecular complexity index is 2130. The normalized spacial score (nSPS) is 18.5. The van der Waals surface area contributed by atoms with Crippen molar-refractivity contribution < 1.29 is 36.6 Å². The number of benzene rings is 2. The number of rotatable bonds is 3. The van der Waals surface area contributed by atoms with Crippen molar-refractivity contribution in [3.63, 3.8) is 0 Å². The summed E-state index contributed by atoms with van der Waals surface area (Å²) in [5, 5.41) is 2.55. The van der Waals surface area contributed by atoms with Crippen LogP contribution in [0.25, 0.3) is 32.2 Å². The van der Waals surface area contributed by atoms with Gasteiger partial charge in [-0.2, -0.15) is 18.2 Å². The van der Waals surface area contributed by atoms with Crippen molar-refractivity contribution >= 4 is 67.4 Å². The number of thiazole rings is 1. The van der Waals surface area contributed by atoms with Gasteiger partial charge in [-0.05, 0) is 85.8 Å². The van der Waals surface area contributed by atoms with Crippen LogP contribution in [0.2, 0.25) is 0 Å². The molecular formula is C35H40F4N6O5S2. The SMILES string of the molecule is CC1CN(c2nc(=O)n3c4c(c(-c5ccc(F)c6sc(NC(=O)OC(C)(C)C)nc56)c(C(F)(F)F)cc24)SCCC3)CC(C)N1C(=O)OC(C)(C)C. The predicted octanol–water partition coefficient (Wildman–Crippen LogP) is 8.51. The molecule has 4 aromatic rings. The molecule has 1 saturated heterocycles. The van der Waals surface area contributed by atoms with E-state index in [0.29, 0.717) is 12.2 Å². The second-order valence-corrected chi connectivity index (χ2v) is 17.1. The van der Waals surface area contributed by atoms with Gasteiger partial charge in [0.1, 0.15) is 22.8 Å². The summed E-state index contributed by atoms with van der Waals surface area (Å²) >= 11 is 1.95. The fraction of sp³-hybridized carbons (Fsp3) is 0.514. The third-order valence-electron chi connectivity index (χ3n) is 8.47. The van der Waals surface area contributed by atoms with Gasteiger partial charge < -0.3 is 14.4 Å². The molecule has 2 aliphatic heterocycles. The molecule has 1 fully saturated rings. The Morgan fingerprint density at radius 3 is 2.25 bits per heavy atom. The Hall–Kier alpha value is -4.12. The molecule has 11 nitrogen and oxygen atoms in total. The van der Waals surface area contributed by atoms with Gasteiger partial charge in [0.2, 0.25) is 0 Å². The third-order valence-corrected chi connectivity index (χ3v) is 10.6. The maximum atomic E-state index is 15.3. The third kappa shape index (κ3) is 7.38. The lowest BCUT2D eigenvalue weighted by atomic mass is 9.95. The number of nitrogens with one attached hydrogen (secondary N) is 1. The summed E-state index contributed by atoms with van der Waals surface area (Å²) < 4.78 is 73.5. The number of piperazine rings is 1. The molecule has 0 saturated carbocycles. The van der Waals surface area contributed by atoms with E-state index in [9.17, 15) is 14.4 Å². The molecule has 0 spiro atoms. The fourth-order valence-corrected chi connectivity index (χ4v) is 8.74. The highest BCUT2D eigenvalue weighted by Crippen LogP contribution is 2.50. The summed E-state index contributed by atoms with van der Waals surface area (Å²) in [6.07, 6.45) is -5.77. The molecule has 6 rings (SSSR count). The molecule has 280 valence electrons. The molecular weight excluding hydrogens is 725 g/mol. The number of aromatic nitrogens is 3. The van der Waals surface area contributed by atoms with Gasteiger partial charge in [0.15, 0.2) is 5.13 Å². The molecule has 52 heavy (non-hydrogen) atoms. The summed E-state index contributed by atoms with van der Waals surface area (Å²) in [5.74, 6) is -0.241. The number of hydrogen-bond donors (Lipinski definition) is 1. The average Bonchev–Trinajstić information content (AvgIpc) is 3.28. The van der Waals surface area contributed by atoms with Crippen molar-refractivity contribution in [1.82, 2.24) is 19.4 Å². The summed E-state index contributed by atoms with van der Waals surface area (Å²) in [7, 11) is 0. The van der Waals surface area contributed by atoms with E-state index in [-0.39, 0.29) is 67.7 Å². The largest absolute Gasteiger partial charge is 0.444 e. The zero-order valence-corrected chi connectivity index (χ0v) is 31.7. The summed E-state index contributed by atoms with van der Waals surface area (Å²) in [4.78, 5) is 51.7. The van der Waals surface area contributed by atoms with Gasteiger partial charge in [-0.3, -0.25) is 14.8 Å². The number of fused-ring (bicyclic) bond motifs is 1. The van der Waals surface area contributed by atoms with Gasteiger partial charge in [0.25, 0.3) is 0 Å². The molecule has 4 heterocycles. The first-order valence-corrected chi connectivity index (χ1v) is 18.6. The van der Waals surface area contributed by atoms with Crippen LogP contribution in [0.15, 0.2) is 27.9 Å². The first-order chi connectivity index (χ1) is 24.1. The number of aryl methyl sites for hydroxylation is 1. The highest BCUT2D eigenvalue weighted by atomic mass is 32.2. The second kappa shape index (κ2) is 13.4. The molecule has 0 bridgehead atoms. The monoisotopic (exact) mass is 764 g/mol. The van der Waals surface area contributed by atoms with Crippen molar-refractivity contribution in [2.75, 3.05) is 29.1 Å². The Labute approximate surface area is 305 Å². The number of halogens is 4. The Morgan fingerprint density at radius 1 is 0.981 bits per heavy atom. The molecule has 0 aliphatic carbocycles. The van der Waals surface area contributed by atoms with Crippen molar-refractivity contribution in [3.05, 3.63) is 40.1 Å². The number of nitrogens with zero attached hydrogens (tertiary/aromatic N) is 5. The highest BCUT2D eigenvalue weighted by molar-refractivity contribution is 7.99. The van der Waals surface area contributed by atoms with E-state index < -0.39 is 58.7 Å². The average molecular weight is 765 g/mol. The molecule has 2 aromatic carbocycles. The van der Waals surface area contributed by atoms with Crippen molar-refractivity contribution in [3.8, 4) is 11.1 Å². The number of thioether (sulfide) groups is 1. The Balaban J connectivity index is 1.55. The summed E-state index contributed by atoms with van der Waals surface area (Å²) in [6, 6.07) is 2.48. The molecule has 2 aliphatic rings. The van der Waals surface area contributed by atoms with E-state index in [1.54, 1.807) is 51.3 Å². The quantitative estimate of drug-likeness (QED) is 0.205. The van der Waals surface area contributed by atoms with Crippen LogP contribution < -0.4 is 15.9 Å². The van der Waals surface area contributed by atoms with Gasteiger partial charge in [-0.15, -0.1) is 11.8 Å². The van der Waals surface area contributed by atoms with Crippen LogP contribution >= 0.6 is 23.1 Å². The number of anilines is 2. The molecule has 0 radical (unpaired) electrons. The predicted molar refractivity (Wildman–Crippen MR) is 194 cm³/mol. The standard InChI is InChI=1S/C35H40F4N6O5S2/c1-17-15-43(16-18(2)45(17)32(48)50-34(6,7)8)28-20-14-21(35(37,38)39)23(27-25(20)44(30(46)41-28)12-9-13-51-27)19-10-11-22(36)26-24(19)40-29(52-26)42-31(47)49-33(3,4)5/h10-11,14,17-18H,9,12-13,15-16H2,1-8H3,(H,40,42,47). The molecule has 2 unspecified atom stereocenters. The molecule has 2 atom stereocenters. The molecule has 17 heteroatoms. The minimum absolute atomic E-state index is 0.00547. The topological polar surface area (TPSA) is 119 Å².